The van der Waals surface area contributed by atoms with Crippen LogP contribution in [0.4, 0.5) is 4.79 Å². The monoisotopic (exact) mass is 458 g/mol. The van der Waals surface area contributed by atoms with Gasteiger partial charge in [-0.05, 0) is 51.1 Å². The molecule has 0 unspecified atom stereocenters. The van der Waals surface area contributed by atoms with Crippen LogP contribution in [0.15, 0.2) is 36.4 Å². The van der Waals surface area contributed by atoms with E-state index in [2.05, 4.69) is 5.32 Å². The fourth-order valence-corrected chi connectivity index (χ4v) is 3.65. The van der Waals surface area contributed by atoms with Crippen LogP contribution in [0.25, 0.3) is 22.0 Å². The Morgan fingerprint density at radius 1 is 1.16 bits per heavy atom. The zero-order valence-corrected chi connectivity index (χ0v) is 19.4. The van der Waals surface area contributed by atoms with Gasteiger partial charge in [-0.2, -0.15) is 0 Å². The third-order valence-corrected chi connectivity index (χ3v) is 5.27. The summed E-state index contributed by atoms with van der Waals surface area (Å²) in [6.45, 7) is 4.62. The van der Waals surface area contributed by atoms with E-state index in [1.807, 2.05) is 45.2 Å². The van der Waals surface area contributed by atoms with Crippen LogP contribution in [0.2, 0.25) is 5.02 Å². The second-order valence-electron chi connectivity index (χ2n) is 7.18. The highest BCUT2D eigenvalue weighted by molar-refractivity contribution is 6.33. The number of carbonyl (C=O) groups is 1. The fraction of sp³-hybridized carbons (Fsp3) is 0.333. The Morgan fingerprint density at radius 3 is 2.66 bits per heavy atom. The molecule has 2 aromatic carbocycles. The summed E-state index contributed by atoms with van der Waals surface area (Å²) >= 11 is 6.39. The standard InChI is InChI=1S/C24H27ClN2O5/c1-15-8-5-6-9-17(15)22-16(2)27-20-13-21(29-4)19(25)12-18(20)23(22)31-14-32-24(28)30-11-7-10-26-3/h5-6,8-9,12-13,26H,7,10-11,14H2,1-4H3. The molecule has 32 heavy (non-hydrogen) atoms. The Kier molecular flexibility index (Phi) is 8.14. The van der Waals surface area contributed by atoms with E-state index in [9.17, 15) is 4.79 Å². The van der Waals surface area contributed by atoms with Crippen molar-refractivity contribution in [1.29, 1.82) is 0 Å². The van der Waals surface area contributed by atoms with Crippen LogP contribution >= 0.6 is 11.6 Å². The number of hydrogen-bond acceptors (Lipinski definition) is 7. The van der Waals surface area contributed by atoms with Crippen LogP contribution in [-0.4, -0.2) is 45.2 Å². The van der Waals surface area contributed by atoms with Gasteiger partial charge in [-0.3, -0.25) is 4.98 Å². The molecule has 8 heteroatoms. The first-order valence-electron chi connectivity index (χ1n) is 10.3. The average Bonchev–Trinajstić information content (AvgIpc) is 2.77. The lowest BCUT2D eigenvalue weighted by molar-refractivity contribution is 0.00504. The molecular formula is C24H27ClN2O5. The Balaban J connectivity index is 1.96. The number of pyridine rings is 1. The smallest absolute Gasteiger partial charge is 0.495 e. The number of ether oxygens (including phenoxy) is 4. The number of carbonyl (C=O) groups excluding carboxylic acids is 1. The van der Waals surface area contributed by atoms with E-state index in [0.717, 1.165) is 28.9 Å². The van der Waals surface area contributed by atoms with E-state index in [4.69, 9.17) is 35.5 Å². The second-order valence-corrected chi connectivity index (χ2v) is 7.59. The molecule has 0 fully saturated rings. The van der Waals surface area contributed by atoms with E-state index in [-0.39, 0.29) is 13.4 Å². The molecule has 0 atom stereocenters. The van der Waals surface area contributed by atoms with Gasteiger partial charge in [0.05, 0.1) is 24.3 Å². The normalized spacial score (nSPS) is 10.8. The minimum absolute atomic E-state index is 0.265. The Morgan fingerprint density at radius 2 is 1.94 bits per heavy atom. The Hall–Kier alpha value is -3.03. The van der Waals surface area contributed by atoms with Gasteiger partial charge in [0.25, 0.3) is 0 Å². The van der Waals surface area contributed by atoms with Crippen LogP contribution in [0.1, 0.15) is 17.7 Å². The summed E-state index contributed by atoms with van der Waals surface area (Å²) in [5.41, 5.74) is 4.26. The Labute approximate surface area is 192 Å². The number of rotatable bonds is 9. The summed E-state index contributed by atoms with van der Waals surface area (Å²) in [5, 5.41) is 4.10. The molecule has 0 saturated heterocycles. The van der Waals surface area contributed by atoms with Crippen LogP contribution in [0.5, 0.6) is 11.5 Å². The summed E-state index contributed by atoms with van der Waals surface area (Å²) in [6, 6.07) is 11.4. The van der Waals surface area contributed by atoms with Gasteiger partial charge < -0.3 is 24.3 Å². The Bertz CT molecular complexity index is 1100. The number of aryl methyl sites for hydroxylation is 2. The first-order valence-corrected chi connectivity index (χ1v) is 10.6. The van der Waals surface area contributed by atoms with Crippen molar-refractivity contribution < 1.29 is 23.7 Å². The molecule has 7 nitrogen and oxygen atoms in total. The van der Waals surface area contributed by atoms with Gasteiger partial charge in [-0.15, -0.1) is 0 Å². The molecule has 0 amide bonds. The second kappa shape index (κ2) is 11.0. The van der Waals surface area contributed by atoms with Crippen molar-refractivity contribution in [2.45, 2.75) is 20.3 Å². The van der Waals surface area contributed by atoms with Crippen LogP contribution in [0, 0.1) is 13.8 Å². The topological polar surface area (TPSA) is 78.9 Å². The molecule has 1 heterocycles. The zero-order chi connectivity index (χ0) is 23.1. The summed E-state index contributed by atoms with van der Waals surface area (Å²) < 4.78 is 21.5. The van der Waals surface area contributed by atoms with Crippen molar-refractivity contribution in [1.82, 2.24) is 10.3 Å². The highest BCUT2D eigenvalue weighted by atomic mass is 35.5. The highest BCUT2D eigenvalue weighted by Gasteiger charge is 2.20. The van der Waals surface area contributed by atoms with Gasteiger partial charge in [0, 0.05) is 22.7 Å². The van der Waals surface area contributed by atoms with E-state index >= 15 is 0 Å². The number of hydrogen-bond donors (Lipinski definition) is 1. The van der Waals surface area contributed by atoms with Crippen LogP contribution in [0.3, 0.4) is 0 Å². The molecule has 0 aliphatic rings. The molecule has 0 radical (unpaired) electrons. The lowest BCUT2D eigenvalue weighted by Crippen LogP contribution is -2.16. The minimum Gasteiger partial charge on any atom is -0.495 e. The summed E-state index contributed by atoms with van der Waals surface area (Å²) in [7, 11) is 3.39. The van der Waals surface area contributed by atoms with Crippen molar-refractivity contribution in [3.05, 3.63) is 52.7 Å². The quantitative estimate of drug-likeness (QED) is 0.265. The van der Waals surface area contributed by atoms with Crippen molar-refractivity contribution in [3.8, 4) is 22.6 Å². The largest absolute Gasteiger partial charge is 0.511 e. The van der Waals surface area contributed by atoms with Gasteiger partial charge in [0.1, 0.15) is 11.5 Å². The van der Waals surface area contributed by atoms with Gasteiger partial charge >= 0.3 is 6.16 Å². The predicted molar refractivity (Wildman–Crippen MR) is 125 cm³/mol. The van der Waals surface area contributed by atoms with E-state index in [0.29, 0.717) is 33.8 Å². The van der Waals surface area contributed by atoms with Crippen molar-refractivity contribution in [2.24, 2.45) is 0 Å². The summed E-state index contributed by atoms with van der Waals surface area (Å²) in [4.78, 5) is 16.6. The number of benzene rings is 2. The maximum atomic E-state index is 11.9. The number of nitrogens with zero attached hydrogens (tertiary/aromatic N) is 1. The third-order valence-electron chi connectivity index (χ3n) is 4.98. The molecule has 3 aromatic rings. The molecule has 1 N–H and O–H groups in total. The SMILES string of the molecule is CNCCCOC(=O)OCOc1c(-c2ccccc2C)c(C)nc2cc(OC)c(Cl)cc12. The molecule has 3 rings (SSSR count). The number of halogens is 1. The van der Waals surface area contributed by atoms with Gasteiger partial charge in [-0.25, -0.2) is 4.79 Å². The van der Waals surface area contributed by atoms with E-state index in [1.54, 1.807) is 19.2 Å². The number of nitrogens with one attached hydrogen (secondary N) is 1. The third kappa shape index (κ3) is 5.41. The lowest BCUT2D eigenvalue weighted by Gasteiger charge is -2.18. The van der Waals surface area contributed by atoms with Crippen LogP contribution < -0.4 is 14.8 Å². The molecule has 0 aliphatic heterocycles. The van der Waals surface area contributed by atoms with Crippen LogP contribution in [-0.2, 0) is 9.47 Å². The van der Waals surface area contributed by atoms with Crippen molar-refractivity contribution in [3.63, 3.8) is 0 Å². The van der Waals surface area contributed by atoms with Gasteiger partial charge in [-0.1, -0.05) is 35.9 Å². The summed E-state index contributed by atoms with van der Waals surface area (Å²) in [5.74, 6) is 1.04. The molecule has 0 spiro atoms. The first kappa shape index (κ1) is 23.6. The molecular weight excluding hydrogens is 432 g/mol. The highest BCUT2D eigenvalue weighted by Crippen LogP contribution is 2.42. The molecule has 0 aliphatic carbocycles. The molecule has 1 aromatic heterocycles. The maximum Gasteiger partial charge on any atom is 0.511 e. The van der Waals surface area contributed by atoms with Gasteiger partial charge in [0.2, 0.25) is 6.79 Å². The fourth-order valence-electron chi connectivity index (χ4n) is 3.41. The van der Waals surface area contributed by atoms with Crippen molar-refractivity contribution in [2.75, 3.05) is 34.1 Å². The van der Waals surface area contributed by atoms with Gasteiger partial charge in [0.15, 0.2) is 0 Å². The zero-order valence-electron chi connectivity index (χ0n) is 18.7. The summed E-state index contributed by atoms with van der Waals surface area (Å²) in [6.07, 6.45) is -0.0911. The molecule has 170 valence electrons. The maximum absolute atomic E-state index is 11.9. The number of aromatic nitrogens is 1. The van der Waals surface area contributed by atoms with E-state index in [1.165, 1.54) is 0 Å². The number of methoxy groups -OCH3 is 1. The predicted octanol–water partition coefficient (Wildman–Crippen LogP) is 5.28. The number of fused-ring (bicyclic) bond motifs is 1. The average molecular weight is 459 g/mol. The van der Waals surface area contributed by atoms with E-state index < -0.39 is 6.16 Å². The lowest BCUT2D eigenvalue weighted by atomic mass is 9.96. The first-order chi connectivity index (χ1) is 15.5. The minimum atomic E-state index is -0.784. The molecule has 0 saturated carbocycles. The molecule has 0 bridgehead atoms. The van der Waals surface area contributed by atoms with Crippen molar-refractivity contribution >= 4 is 28.7 Å².